The van der Waals surface area contributed by atoms with Gasteiger partial charge in [0.25, 0.3) is 17.7 Å². The third-order valence-corrected chi connectivity index (χ3v) is 4.34. The smallest absolute Gasteiger partial charge is 0.269 e. The lowest BCUT2D eigenvalue weighted by molar-refractivity contribution is -0.122. The molecule has 0 aromatic heterocycles. The Morgan fingerprint density at radius 3 is 2.07 bits per heavy atom. The summed E-state index contributed by atoms with van der Waals surface area (Å²) in [7, 11) is 0. The normalized spacial score (nSPS) is 12.7. The lowest BCUT2D eigenvalue weighted by atomic mass is 10.1. The van der Waals surface area contributed by atoms with Crippen molar-refractivity contribution >= 4 is 35.2 Å². The molecule has 0 unspecified atom stereocenters. The van der Waals surface area contributed by atoms with Crippen molar-refractivity contribution in [1.82, 2.24) is 15.8 Å². The van der Waals surface area contributed by atoms with Gasteiger partial charge in [-0.1, -0.05) is 23.7 Å². The Hall–Kier alpha value is -3.19. The molecule has 0 aliphatic carbocycles. The summed E-state index contributed by atoms with van der Waals surface area (Å²) in [6.45, 7) is 0.130. The van der Waals surface area contributed by atoms with Crippen molar-refractivity contribution in [3.63, 3.8) is 0 Å². The van der Waals surface area contributed by atoms with Crippen LogP contribution in [0.4, 0.5) is 0 Å². The van der Waals surface area contributed by atoms with Crippen molar-refractivity contribution in [3.8, 4) is 0 Å². The Morgan fingerprint density at radius 1 is 0.889 bits per heavy atom. The number of carbonyl (C=O) groups excluding carboxylic acids is 4. The Morgan fingerprint density at radius 2 is 1.48 bits per heavy atom. The number of hydrazine groups is 1. The van der Waals surface area contributed by atoms with Crippen LogP contribution in [-0.2, 0) is 4.79 Å². The van der Waals surface area contributed by atoms with Crippen LogP contribution in [-0.4, -0.2) is 35.1 Å². The molecule has 0 radical (unpaired) electrons. The van der Waals surface area contributed by atoms with Gasteiger partial charge in [0.1, 0.15) is 0 Å². The number of benzene rings is 2. The molecule has 2 aromatic rings. The molecule has 7 nitrogen and oxygen atoms in total. The second-order valence-electron chi connectivity index (χ2n) is 5.92. The second kappa shape index (κ2) is 8.01. The first kappa shape index (κ1) is 18.6. The van der Waals surface area contributed by atoms with E-state index in [0.717, 1.165) is 4.90 Å². The standard InChI is InChI=1S/C19H16ClN3O4/c20-13-9-7-12(8-10-13)17(25)22-21-16(24)6-3-11-23-18(26)14-4-1-2-5-15(14)19(23)27/h1-2,4-5,7-10H,3,6,11H2,(H,21,24)(H,22,25). The highest BCUT2D eigenvalue weighted by atomic mass is 35.5. The molecule has 8 heteroatoms. The number of carbonyl (C=O) groups is 4. The zero-order chi connectivity index (χ0) is 19.4. The summed E-state index contributed by atoms with van der Waals surface area (Å²) in [5, 5.41) is 0.503. The highest BCUT2D eigenvalue weighted by molar-refractivity contribution is 6.30. The number of fused-ring (bicyclic) bond motifs is 1. The Labute approximate surface area is 160 Å². The van der Waals surface area contributed by atoms with Gasteiger partial charge in [-0.2, -0.15) is 0 Å². The van der Waals surface area contributed by atoms with Crippen LogP contribution in [0.5, 0.6) is 0 Å². The van der Waals surface area contributed by atoms with Gasteiger partial charge in [-0.05, 0) is 42.8 Å². The molecule has 4 amide bonds. The maximum atomic E-state index is 12.2. The van der Waals surface area contributed by atoms with Crippen molar-refractivity contribution in [1.29, 1.82) is 0 Å². The fourth-order valence-electron chi connectivity index (χ4n) is 2.70. The lowest BCUT2D eigenvalue weighted by Gasteiger charge is -2.13. The molecule has 0 bridgehead atoms. The zero-order valence-corrected chi connectivity index (χ0v) is 15.0. The minimum Gasteiger partial charge on any atom is -0.274 e. The Bertz CT molecular complexity index is 876. The molecule has 1 aliphatic rings. The topological polar surface area (TPSA) is 95.6 Å². The second-order valence-corrected chi connectivity index (χ2v) is 6.36. The van der Waals surface area contributed by atoms with Gasteiger partial charge >= 0.3 is 0 Å². The number of nitrogens with one attached hydrogen (secondary N) is 2. The van der Waals surface area contributed by atoms with Crippen molar-refractivity contribution in [2.75, 3.05) is 6.54 Å². The van der Waals surface area contributed by atoms with Gasteiger partial charge in [-0.25, -0.2) is 0 Å². The lowest BCUT2D eigenvalue weighted by Crippen LogP contribution is -2.42. The summed E-state index contributed by atoms with van der Waals surface area (Å²) in [4.78, 5) is 49.3. The first-order valence-electron chi connectivity index (χ1n) is 8.27. The number of nitrogens with zero attached hydrogens (tertiary/aromatic N) is 1. The molecule has 0 spiro atoms. The molecule has 0 saturated heterocycles. The average molecular weight is 386 g/mol. The summed E-state index contributed by atoms with van der Waals surface area (Å²) in [5.41, 5.74) is 5.71. The highest BCUT2D eigenvalue weighted by Crippen LogP contribution is 2.22. The van der Waals surface area contributed by atoms with E-state index in [1.54, 1.807) is 36.4 Å². The number of imide groups is 1. The maximum Gasteiger partial charge on any atom is 0.269 e. The summed E-state index contributed by atoms with van der Waals surface area (Å²) in [6.07, 6.45) is 0.336. The van der Waals surface area contributed by atoms with Crippen molar-refractivity contribution < 1.29 is 19.2 Å². The molecule has 2 N–H and O–H groups in total. The minimum atomic E-state index is -0.472. The molecule has 138 valence electrons. The van der Waals surface area contributed by atoms with E-state index < -0.39 is 11.8 Å². The number of halogens is 1. The van der Waals surface area contributed by atoms with Crippen molar-refractivity contribution in [2.45, 2.75) is 12.8 Å². The first-order valence-corrected chi connectivity index (χ1v) is 8.65. The molecule has 0 atom stereocenters. The minimum absolute atomic E-state index is 0.0499. The van der Waals surface area contributed by atoms with E-state index in [0.29, 0.717) is 21.7 Å². The predicted molar refractivity (Wildman–Crippen MR) is 98.1 cm³/mol. The summed E-state index contributed by atoms with van der Waals surface area (Å²) >= 11 is 5.75. The summed E-state index contributed by atoms with van der Waals surface area (Å²) < 4.78 is 0. The first-order chi connectivity index (χ1) is 13.0. The molecule has 1 heterocycles. The molecular weight excluding hydrogens is 370 g/mol. The van der Waals surface area contributed by atoms with Crippen LogP contribution >= 0.6 is 11.6 Å². The molecule has 3 rings (SSSR count). The van der Waals surface area contributed by atoms with Gasteiger partial charge in [0, 0.05) is 23.6 Å². The molecule has 2 aromatic carbocycles. The fourth-order valence-corrected chi connectivity index (χ4v) is 2.83. The number of hydrogen-bond acceptors (Lipinski definition) is 4. The molecular formula is C19H16ClN3O4. The van der Waals surface area contributed by atoms with Crippen LogP contribution in [0.15, 0.2) is 48.5 Å². The maximum absolute atomic E-state index is 12.2. The van der Waals surface area contributed by atoms with Crippen molar-refractivity contribution in [3.05, 3.63) is 70.2 Å². The van der Waals surface area contributed by atoms with Crippen LogP contribution in [0, 0.1) is 0 Å². The van der Waals surface area contributed by atoms with Gasteiger partial charge < -0.3 is 0 Å². The van der Waals surface area contributed by atoms with Crippen LogP contribution < -0.4 is 10.9 Å². The summed E-state index contributed by atoms with van der Waals surface area (Å²) in [5.74, 6) is -1.60. The van der Waals surface area contributed by atoms with E-state index in [-0.39, 0.29) is 31.2 Å². The van der Waals surface area contributed by atoms with E-state index in [2.05, 4.69) is 10.9 Å². The fraction of sp³-hybridized carbons (Fsp3) is 0.158. The third kappa shape index (κ3) is 4.15. The molecule has 1 aliphatic heterocycles. The molecule has 27 heavy (non-hydrogen) atoms. The Balaban J connectivity index is 1.44. The quantitative estimate of drug-likeness (QED) is 0.609. The molecule has 0 saturated carbocycles. The van der Waals surface area contributed by atoms with Crippen LogP contribution in [0.25, 0.3) is 0 Å². The van der Waals surface area contributed by atoms with Gasteiger partial charge in [0.15, 0.2) is 0 Å². The van der Waals surface area contributed by atoms with Crippen LogP contribution in [0.3, 0.4) is 0 Å². The van der Waals surface area contributed by atoms with E-state index in [1.165, 1.54) is 12.1 Å². The van der Waals surface area contributed by atoms with E-state index in [4.69, 9.17) is 11.6 Å². The zero-order valence-electron chi connectivity index (χ0n) is 14.2. The van der Waals surface area contributed by atoms with Crippen molar-refractivity contribution in [2.24, 2.45) is 0 Å². The third-order valence-electron chi connectivity index (χ3n) is 4.09. The number of amides is 4. The molecule has 0 fully saturated rings. The van der Waals surface area contributed by atoms with Gasteiger partial charge in [-0.15, -0.1) is 0 Å². The van der Waals surface area contributed by atoms with Crippen LogP contribution in [0.2, 0.25) is 5.02 Å². The SMILES string of the molecule is O=C(CCCN1C(=O)c2ccccc2C1=O)NNC(=O)c1ccc(Cl)cc1. The predicted octanol–water partition coefficient (Wildman–Crippen LogP) is 2.18. The average Bonchev–Trinajstić information content (AvgIpc) is 2.92. The van der Waals surface area contributed by atoms with E-state index in [1.807, 2.05) is 0 Å². The van der Waals surface area contributed by atoms with E-state index in [9.17, 15) is 19.2 Å². The summed E-state index contributed by atoms with van der Waals surface area (Å²) in [6, 6.07) is 12.8. The van der Waals surface area contributed by atoms with E-state index >= 15 is 0 Å². The van der Waals surface area contributed by atoms with Crippen LogP contribution in [0.1, 0.15) is 43.9 Å². The largest absolute Gasteiger partial charge is 0.274 e. The monoisotopic (exact) mass is 385 g/mol. The highest BCUT2D eigenvalue weighted by Gasteiger charge is 2.34. The number of rotatable bonds is 5. The number of hydrogen-bond donors (Lipinski definition) is 2. The Kier molecular flexibility index (Phi) is 5.52. The van der Waals surface area contributed by atoms with Gasteiger partial charge in [-0.3, -0.25) is 34.9 Å². The van der Waals surface area contributed by atoms with Gasteiger partial charge in [0.05, 0.1) is 11.1 Å². The van der Waals surface area contributed by atoms with Gasteiger partial charge in [0.2, 0.25) is 5.91 Å².